The Labute approximate surface area is 140 Å². The second-order valence-corrected chi connectivity index (χ2v) is 5.42. The number of aliphatic imine (C=N–C) groups is 1. The van der Waals surface area contributed by atoms with Crippen LogP contribution in [0.2, 0.25) is 0 Å². The van der Waals surface area contributed by atoms with E-state index in [1.807, 2.05) is 24.3 Å². The van der Waals surface area contributed by atoms with Crippen LogP contribution >= 0.6 is 0 Å². The fourth-order valence-electron chi connectivity index (χ4n) is 2.48. The van der Waals surface area contributed by atoms with E-state index in [0.29, 0.717) is 16.9 Å². The summed E-state index contributed by atoms with van der Waals surface area (Å²) in [5.74, 6) is 0.438. The summed E-state index contributed by atoms with van der Waals surface area (Å²) in [6.07, 6.45) is 0. The molecule has 6 nitrogen and oxygen atoms in total. The van der Waals surface area contributed by atoms with Gasteiger partial charge in [0.15, 0.2) is 0 Å². The summed E-state index contributed by atoms with van der Waals surface area (Å²) < 4.78 is 0. The number of benzene rings is 2. The van der Waals surface area contributed by atoms with Gasteiger partial charge in [-0.05, 0) is 36.4 Å². The molecule has 0 aromatic heterocycles. The molecule has 0 saturated carbocycles. The third-order valence-corrected chi connectivity index (χ3v) is 3.57. The van der Waals surface area contributed by atoms with E-state index in [2.05, 4.69) is 20.9 Å². The molecule has 0 atom stereocenters. The predicted molar refractivity (Wildman–Crippen MR) is 94.5 cm³/mol. The van der Waals surface area contributed by atoms with Crippen LogP contribution in [0.5, 0.6) is 0 Å². The topological polar surface area (TPSA) is 82.6 Å². The zero-order valence-electron chi connectivity index (χ0n) is 13.3. The zero-order valence-corrected chi connectivity index (χ0v) is 13.3. The fourth-order valence-corrected chi connectivity index (χ4v) is 2.48. The Morgan fingerprint density at radius 2 is 1.79 bits per heavy atom. The van der Waals surface area contributed by atoms with Crippen molar-refractivity contribution in [2.45, 2.75) is 6.92 Å². The molecule has 2 amide bonds. The molecule has 1 heterocycles. The van der Waals surface area contributed by atoms with Crippen molar-refractivity contribution in [3.63, 3.8) is 0 Å². The van der Waals surface area contributed by atoms with E-state index in [4.69, 9.17) is 0 Å². The maximum Gasteiger partial charge on any atom is 0.255 e. The summed E-state index contributed by atoms with van der Waals surface area (Å²) in [7, 11) is 0. The summed E-state index contributed by atoms with van der Waals surface area (Å²) >= 11 is 0. The highest BCUT2D eigenvalue weighted by Gasteiger charge is 2.14. The molecule has 0 radical (unpaired) electrons. The van der Waals surface area contributed by atoms with E-state index < -0.39 is 0 Å². The quantitative estimate of drug-likeness (QED) is 0.807. The largest absolute Gasteiger partial charge is 0.368 e. The Hall–Kier alpha value is -3.15. The van der Waals surface area contributed by atoms with Gasteiger partial charge in [-0.3, -0.25) is 14.6 Å². The smallest absolute Gasteiger partial charge is 0.255 e. The molecule has 0 spiro atoms. The Morgan fingerprint density at radius 3 is 2.46 bits per heavy atom. The Kier molecular flexibility index (Phi) is 4.56. The van der Waals surface area contributed by atoms with Crippen molar-refractivity contribution >= 4 is 29.0 Å². The van der Waals surface area contributed by atoms with Crippen molar-refractivity contribution in [1.82, 2.24) is 5.32 Å². The number of nitrogens with one attached hydrogen (secondary N) is 3. The molecular formula is C18H18N4O2. The lowest BCUT2D eigenvalue weighted by Gasteiger charge is -2.12. The first-order valence-electron chi connectivity index (χ1n) is 7.70. The highest BCUT2D eigenvalue weighted by atomic mass is 16.2. The molecule has 3 rings (SSSR count). The molecule has 1 aliphatic heterocycles. The van der Waals surface area contributed by atoms with E-state index in [1.54, 1.807) is 24.3 Å². The SMILES string of the molecule is CC(=O)Nc1ccc(C(=O)Nc2ccccc2C2=NCCN2)cc1. The van der Waals surface area contributed by atoms with Gasteiger partial charge >= 0.3 is 0 Å². The van der Waals surface area contributed by atoms with Crippen LogP contribution in [-0.2, 0) is 4.79 Å². The maximum absolute atomic E-state index is 12.5. The average Bonchev–Trinajstić information content (AvgIpc) is 3.10. The van der Waals surface area contributed by atoms with Crippen LogP contribution in [0.3, 0.4) is 0 Å². The van der Waals surface area contributed by atoms with Gasteiger partial charge in [0.25, 0.3) is 5.91 Å². The number of rotatable bonds is 4. The van der Waals surface area contributed by atoms with Gasteiger partial charge in [-0.15, -0.1) is 0 Å². The third-order valence-electron chi connectivity index (χ3n) is 3.57. The number of anilines is 2. The van der Waals surface area contributed by atoms with E-state index in [1.165, 1.54) is 6.92 Å². The number of carbonyl (C=O) groups excluding carboxylic acids is 2. The van der Waals surface area contributed by atoms with Crippen LogP contribution in [0.25, 0.3) is 0 Å². The minimum atomic E-state index is -0.213. The Morgan fingerprint density at radius 1 is 1.04 bits per heavy atom. The molecule has 0 saturated heterocycles. The van der Waals surface area contributed by atoms with Crippen LogP contribution in [-0.4, -0.2) is 30.7 Å². The van der Waals surface area contributed by atoms with Crippen molar-refractivity contribution in [2.24, 2.45) is 4.99 Å². The summed E-state index contributed by atoms with van der Waals surface area (Å²) in [5.41, 5.74) is 2.75. The minimum Gasteiger partial charge on any atom is -0.368 e. The van der Waals surface area contributed by atoms with E-state index in [9.17, 15) is 9.59 Å². The van der Waals surface area contributed by atoms with Crippen LogP contribution in [0.15, 0.2) is 53.5 Å². The molecule has 0 bridgehead atoms. The average molecular weight is 322 g/mol. The molecule has 0 unspecified atom stereocenters. The normalized spacial score (nSPS) is 13.0. The number of amides is 2. The second-order valence-electron chi connectivity index (χ2n) is 5.42. The molecule has 2 aromatic rings. The van der Waals surface area contributed by atoms with Crippen LogP contribution in [0, 0.1) is 0 Å². The molecule has 1 aliphatic rings. The lowest BCUT2D eigenvalue weighted by atomic mass is 10.1. The van der Waals surface area contributed by atoms with Gasteiger partial charge in [-0.1, -0.05) is 12.1 Å². The van der Waals surface area contributed by atoms with Crippen molar-refractivity contribution in [3.8, 4) is 0 Å². The van der Waals surface area contributed by atoms with E-state index in [0.717, 1.165) is 24.5 Å². The fraction of sp³-hybridized carbons (Fsp3) is 0.167. The highest BCUT2D eigenvalue weighted by molar-refractivity contribution is 6.10. The number of carbonyl (C=O) groups is 2. The van der Waals surface area contributed by atoms with Crippen molar-refractivity contribution in [3.05, 3.63) is 59.7 Å². The second kappa shape index (κ2) is 6.95. The number of amidine groups is 1. The highest BCUT2D eigenvalue weighted by Crippen LogP contribution is 2.18. The van der Waals surface area contributed by atoms with Crippen molar-refractivity contribution in [1.29, 1.82) is 0 Å². The molecule has 2 aromatic carbocycles. The summed E-state index contributed by atoms with van der Waals surface area (Å²) in [5, 5.41) is 8.80. The first kappa shape index (κ1) is 15.7. The van der Waals surface area contributed by atoms with Gasteiger partial charge < -0.3 is 16.0 Å². The van der Waals surface area contributed by atoms with Crippen molar-refractivity contribution in [2.75, 3.05) is 23.7 Å². The Balaban J connectivity index is 1.76. The number of hydrogen-bond donors (Lipinski definition) is 3. The van der Waals surface area contributed by atoms with Crippen molar-refractivity contribution < 1.29 is 9.59 Å². The number of para-hydroxylation sites is 1. The van der Waals surface area contributed by atoms with Crippen LogP contribution in [0.4, 0.5) is 11.4 Å². The molecule has 0 fully saturated rings. The summed E-state index contributed by atoms with van der Waals surface area (Å²) in [6, 6.07) is 14.3. The van der Waals surface area contributed by atoms with Crippen LogP contribution in [0.1, 0.15) is 22.8 Å². The van der Waals surface area contributed by atoms with Gasteiger partial charge in [0, 0.05) is 30.3 Å². The molecule has 3 N–H and O–H groups in total. The summed E-state index contributed by atoms with van der Waals surface area (Å²) in [6.45, 7) is 2.99. The summed E-state index contributed by atoms with van der Waals surface area (Å²) in [4.78, 5) is 27.9. The third kappa shape index (κ3) is 3.60. The monoisotopic (exact) mass is 322 g/mol. The maximum atomic E-state index is 12.5. The van der Waals surface area contributed by atoms with E-state index in [-0.39, 0.29) is 11.8 Å². The van der Waals surface area contributed by atoms with Crippen LogP contribution < -0.4 is 16.0 Å². The first-order valence-corrected chi connectivity index (χ1v) is 7.70. The molecule has 24 heavy (non-hydrogen) atoms. The first-order chi connectivity index (χ1) is 11.6. The lowest BCUT2D eigenvalue weighted by Crippen LogP contribution is -2.22. The molecular weight excluding hydrogens is 304 g/mol. The molecule has 0 aliphatic carbocycles. The number of hydrogen-bond acceptors (Lipinski definition) is 4. The molecule has 6 heteroatoms. The molecule has 122 valence electrons. The van der Waals surface area contributed by atoms with Gasteiger partial charge in [0.05, 0.1) is 12.2 Å². The number of nitrogens with zero attached hydrogens (tertiary/aromatic N) is 1. The zero-order chi connectivity index (χ0) is 16.9. The minimum absolute atomic E-state index is 0.147. The standard InChI is InChI=1S/C18H18N4O2/c1-12(23)21-14-8-6-13(7-9-14)18(24)22-16-5-3-2-4-15(16)17-19-10-11-20-17/h2-9H,10-11H2,1H3,(H,19,20)(H,21,23)(H,22,24). The van der Waals surface area contributed by atoms with Gasteiger partial charge in [0.1, 0.15) is 5.84 Å². The van der Waals surface area contributed by atoms with E-state index >= 15 is 0 Å². The lowest BCUT2D eigenvalue weighted by molar-refractivity contribution is -0.114. The van der Waals surface area contributed by atoms with Gasteiger partial charge in [-0.25, -0.2) is 0 Å². The van der Waals surface area contributed by atoms with Gasteiger partial charge in [-0.2, -0.15) is 0 Å². The predicted octanol–water partition coefficient (Wildman–Crippen LogP) is 2.25. The van der Waals surface area contributed by atoms with Gasteiger partial charge in [0.2, 0.25) is 5.91 Å². The Bertz CT molecular complexity index is 797.